The van der Waals surface area contributed by atoms with Gasteiger partial charge in [-0.25, -0.2) is 0 Å². The van der Waals surface area contributed by atoms with Gasteiger partial charge in [0.1, 0.15) is 6.61 Å². The topological polar surface area (TPSA) is 72.8 Å². The van der Waals surface area contributed by atoms with Gasteiger partial charge in [-0.3, -0.25) is 9.59 Å². The molecule has 0 bridgehead atoms. The average molecular weight is 595 g/mol. The summed E-state index contributed by atoms with van der Waals surface area (Å²) in [7, 11) is 0. The third kappa shape index (κ3) is 31.6. The van der Waals surface area contributed by atoms with Crippen LogP contribution < -0.4 is 0 Å². The number of rotatable bonds is 33. The van der Waals surface area contributed by atoms with E-state index in [0.29, 0.717) is 12.8 Å². The van der Waals surface area contributed by atoms with Gasteiger partial charge in [0.15, 0.2) is 6.10 Å². The van der Waals surface area contributed by atoms with E-state index >= 15 is 0 Å². The Bertz CT molecular complexity index is 603. The Balaban J connectivity index is 3.55. The maximum absolute atomic E-state index is 12.1. The van der Waals surface area contributed by atoms with E-state index in [1.807, 2.05) is 0 Å². The molecule has 0 saturated carbocycles. The summed E-state index contributed by atoms with van der Waals surface area (Å²) in [5.74, 6) is -0.593. The second-order valence-corrected chi connectivity index (χ2v) is 12.3. The third-order valence-corrected chi connectivity index (χ3v) is 8.06. The normalized spacial score (nSPS) is 12.2. The molecule has 0 unspecified atom stereocenters. The molecule has 0 fully saturated rings. The molecule has 0 rings (SSSR count). The molecule has 0 aromatic rings. The lowest BCUT2D eigenvalue weighted by Gasteiger charge is -2.15. The van der Waals surface area contributed by atoms with Gasteiger partial charge in [0.05, 0.1) is 6.61 Å². The molecule has 248 valence electrons. The van der Waals surface area contributed by atoms with Crippen molar-refractivity contribution in [3.63, 3.8) is 0 Å². The quantitative estimate of drug-likeness (QED) is 0.0465. The minimum absolute atomic E-state index is 0.0647. The van der Waals surface area contributed by atoms with Crippen molar-refractivity contribution in [3.05, 3.63) is 12.2 Å². The predicted octanol–water partition coefficient (Wildman–Crippen LogP) is 11.0. The Morgan fingerprint density at radius 2 is 0.881 bits per heavy atom. The van der Waals surface area contributed by atoms with Crippen LogP contribution in [0.25, 0.3) is 0 Å². The van der Waals surface area contributed by atoms with Crippen LogP contribution in [0.15, 0.2) is 12.2 Å². The molecule has 1 N–H and O–H groups in total. The Morgan fingerprint density at radius 3 is 1.29 bits per heavy atom. The molecule has 0 aliphatic rings. The Labute approximate surface area is 261 Å². The van der Waals surface area contributed by atoms with Crippen LogP contribution in [0.4, 0.5) is 0 Å². The van der Waals surface area contributed by atoms with Crippen molar-refractivity contribution < 1.29 is 24.2 Å². The number of carbonyl (C=O) groups excluding carboxylic acids is 2. The van der Waals surface area contributed by atoms with Crippen molar-refractivity contribution in [1.82, 2.24) is 0 Å². The van der Waals surface area contributed by atoms with E-state index in [1.54, 1.807) is 0 Å². The number of ether oxygens (including phenoxy) is 2. The lowest BCUT2D eigenvalue weighted by molar-refractivity contribution is -0.161. The van der Waals surface area contributed by atoms with Gasteiger partial charge < -0.3 is 14.6 Å². The molecule has 0 spiro atoms. The fraction of sp³-hybridized carbons (Fsp3) is 0.892. The standard InChI is InChI=1S/C37H70O5/c1-3-5-7-9-11-13-15-17-18-20-21-23-25-27-29-31-36(39)41-34-35(33-38)42-37(40)32-30-28-26-24-22-19-16-14-12-10-8-6-4-2/h17-18,35,38H,3-16,19-34H2,1-2H3/b18-17-/t35-/m1/s1. The zero-order valence-electron chi connectivity index (χ0n) is 28.0. The molecule has 1 atom stereocenters. The number of hydrogen-bond acceptors (Lipinski definition) is 5. The van der Waals surface area contributed by atoms with E-state index in [1.165, 1.54) is 122 Å². The minimum Gasteiger partial charge on any atom is -0.462 e. The lowest BCUT2D eigenvalue weighted by atomic mass is 10.0. The van der Waals surface area contributed by atoms with Gasteiger partial charge in [-0.05, 0) is 38.5 Å². The number of hydrogen-bond donors (Lipinski definition) is 1. The van der Waals surface area contributed by atoms with E-state index in [-0.39, 0.29) is 25.2 Å². The molecule has 0 aromatic heterocycles. The summed E-state index contributed by atoms with van der Waals surface area (Å²) in [5.41, 5.74) is 0. The van der Waals surface area contributed by atoms with Crippen LogP contribution in [0.2, 0.25) is 0 Å². The van der Waals surface area contributed by atoms with Gasteiger partial charge in [-0.2, -0.15) is 0 Å². The smallest absolute Gasteiger partial charge is 0.306 e. The molecule has 5 nitrogen and oxygen atoms in total. The van der Waals surface area contributed by atoms with Crippen molar-refractivity contribution in [2.24, 2.45) is 0 Å². The van der Waals surface area contributed by atoms with Crippen LogP contribution in [0.3, 0.4) is 0 Å². The zero-order chi connectivity index (χ0) is 30.8. The number of allylic oxidation sites excluding steroid dienone is 2. The van der Waals surface area contributed by atoms with Crippen LogP contribution >= 0.6 is 0 Å². The highest BCUT2D eigenvalue weighted by molar-refractivity contribution is 5.70. The Hall–Kier alpha value is -1.36. The average Bonchev–Trinajstić information content (AvgIpc) is 2.99. The Kier molecular flexibility index (Phi) is 33.0. The summed E-state index contributed by atoms with van der Waals surface area (Å²) < 4.78 is 10.6. The van der Waals surface area contributed by atoms with E-state index in [4.69, 9.17) is 9.47 Å². The molecular formula is C37H70O5. The monoisotopic (exact) mass is 595 g/mol. The van der Waals surface area contributed by atoms with Gasteiger partial charge in [0.2, 0.25) is 0 Å². The van der Waals surface area contributed by atoms with Crippen LogP contribution in [-0.2, 0) is 19.1 Å². The van der Waals surface area contributed by atoms with Crippen LogP contribution in [0.5, 0.6) is 0 Å². The van der Waals surface area contributed by atoms with E-state index in [2.05, 4.69) is 26.0 Å². The van der Waals surface area contributed by atoms with Crippen LogP contribution in [-0.4, -0.2) is 36.4 Å². The lowest BCUT2D eigenvalue weighted by Crippen LogP contribution is -2.28. The fourth-order valence-corrected chi connectivity index (χ4v) is 5.25. The number of aliphatic hydroxyl groups is 1. The number of esters is 2. The van der Waals surface area contributed by atoms with E-state index < -0.39 is 6.10 Å². The first-order valence-electron chi connectivity index (χ1n) is 18.2. The van der Waals surface area contributed by atoms with E-state index in [0.717, 1.165) is 44.9 Å². The van der Waals surface area contributed by atoms with Gasteiger partial charge >= 0.3 is 11.9 Å². The second kappa shape index (κ2) is 34.1. The van der Waals surface area contributed by atoms with Crippen LogP contribution in [0.1, 0.15) is 194 Å². The predicted molar refractivity (Wildman–Crippen MR) is 178 cm³/mol. The number of unbranched alkanes of at least 4 members (excludes halogenated alkanes) is 23. The largest absolute Gasteiger partial charge is 0.462 e. The van der Waals surface area contributed by atoms with Crippen molar-refractivity contribution >= 4 is 11.9 Å². The molecule has 0 amide bonds. The summed E-state index contributed by atoms with van der Waals surface area (Å²) >= 11 is 0. The summed E-state index contributed by atoms with van der Waals surface area (Å²) in [6, 6.07) is 0. The summed E-state index contributed by atoms with van der Waals surface area (Å²) in [6.07, 6.45) is 36.9. The molecule has 0 aromatic carbocycles. The molecule has 0 aliphatic carbocycles. The highest BCUT2D eigenvalue weighted by Gasteiger charge is 2.16. The highest BCUT2D eigenvalue weighted by Crippen LogP contribution is 2.14. The van der Waals surface area contributed by atoms with Gasteiger partial charge in [-0.1, -0.05) is 154 Å². The maximum Gasteiger partial charge on any atom is 0.306 e. The summed E-state index contributed by atoms with van der Waals surface area (Å²) in [5, 5.41) is 9.52. The van der Waals surface area contributed by atoms with Gasteiger partial charge in [-0.15, -0.1) is 0 Å². The maximum atomic E-state index is 12.1. The second-order valence-electron chi connectivity index (χ2n) is 12.3. The first kappa shape index (κ1) is 40.6. The summed E-state index contributed by atoms with van der Waals surface area (Å²) in [4.78, 5) is 24.1. The van der Waals surface area contributed by atoms with Crippen molar-refractivity contribution in [2.75, 3.05) is 13.2 Å². The number of carbonyl (C=O) groups is 2. The summed E-state index contributed by atoms with van der Waals surface area (Å²) in [6.45, 7) is 4.13. The van der Waals surface area contributed by atoms with Gasteiger partial charge in [0, 0.05) is 12.8 Å². The molecule has 0 aliphatic heterocycles. The first-order chi connectivity index (χ1) is 20.6. The molecule has 42 heavy (non-hydrogen) atoms. The molecular weight excluding hydrogens is 524 g/mol. The first-order valence-corrected chi connectivity index (χ1v) is 18.2. The van der Waals surface area contributed by atoms with Crippen LogP contribution in [0, 0.1) is 0 Å². The van der Waals surface area contributed by atoms with Gasteiger partial charge in [0.25, 0.3) is 0 Å². The zero-order valence-corrected chi connectivity index (χ0v) is 28.0. The molecule has 0 heterocycles. The molecule has 5 heteroatoms. The van der Waals surface area contributed by atoms with E-state index in [9.17, 15) is 14.7 Å². The SMILES string of the molecule is CCCCCCCC/C=C\CCCCCCCC(=O)OC[C@@H](CO)OC(=O)CCCCCCCCCCCCCCC. The van der Waals surface area contributed by atoms with Crippen molar-refractivity contribution in [3.8, 4) is 0 Å². The highest BCUT2D eigenvalue weighted by atomic mass is 16.6. The van der Waals surface area contributed by atoms with Crippen molar-refractivity contribution in [1.29, 1.82) is 0 Å². The molecule has 0 radical (unpaired) electrons. The van der Waals surface area contributed by atoms with Crippen molar-refractivity contribution in [2.45, 2.75) is 200 Å². The fourth-order valence-electron chi connectivity index (χ4n) is 5.25. The Morgan fingerprint density at radius 1 is 0.524 bits per heavy atom. The minimum atomic E-state index is -0.766. The molecule has 0 saturated heterocycles. The number of aliphatic hydroxyl groups excluding tert-OH is 1. The third-order valence-electron chi connectivity index (χ3n) is 8.06.